The van der Waals surface area contributed by atoms with E-state index >= 15 is 0 Å². The molecule has 1 aromatic heterocycles. The van der Waals surface area contributed by atoms with Crippen LogP contribution in [-0.2, 0) is 4.79 Å². The summed E-state index contributed by atoms with van der Waals surface area (Å²) in [5.74, 6) is 0.708. The van der Waals surface area contributed by atoms with Gasteiger partial charge in [-0.05, 0) is 12.3 Å². The van der Waals surface area contributed by atoms with Gasteiger partial charge in [0.25, 0.3) is 5.91 Å². The highest BCUT2D eigenvalue weighted by molar-refractivity contribution is 5.99. The van der Waals surface area contributed by atoms with Gasteiger partial charge in [0, 0.05) is 32.2 Å². The number of piperidine rings is 1. The van der Waals surface area contributed by atoms with Crippen molar-refractivity contribution in [3.63, 3.8) is 0 Å². The topological polar surface area (TPSA) is 66.7 Å². The average molecular weight is 325 g/mol. The minimum absolute atomic E-state index is 0.0762. The summed E-state index contributed by atoms with van der Waals surface area (Å²) in [6, 6.07) is 9.48. The first kappa shape index (κ1) is 14.9. The molecule has 4 rings (SSSR count). The summed E-state index contributed by atoms with van der Waals surface area (Å²) in [4.78, 5) is 28.8. The summed E-state index contributed by atoms with van der Waals surface area (Å²) in [5, 5.41) is 3.81. The van der Waals surface area contributed by atoms with Crippen LogP contribution in [0, 0.1) is 11.8 Å². The number of aromatic nitrogens is 1. The van der Waals surface area contributed by atoms with Crippen LogP contribution in [0.4, 0.5) is 0 Å². The zero-order chi connectivity index (χ0) is 16.7. The van der Waals surface area contributed by atoms with Crippen LogP contribution < -0.4 is 0 Å². The molecule has 0 unspecified atom stereocenters. The van der Waals surface area contributed by atoms with Gasteiger partial charge >= 0.3 is 0 Å². The molecule has 0 aliphatic carbocycles. The van der Waals surface area contributed by atoms with Gasteiger partial charge in [-0.25, -0.2) is 0 Å². The van der Waals surface area contributed by atoms with Gasteiger partial charge in [0.05, 0.1) is 12.1 Å². The monoisotopic (exact) mass is 325 g/mol. The molecule has 0 N–H and O–H groups in total. The van der Waals surface area contributed by atoms with Crippen LogP contribution in [0.15, 0.2) is 41.1 Å². The summed E-state index contributed by atoms with van der Waals surface area (Å²) in [6.45, 7) is 1.87. The maximum atomic E-state index is 12.9. The molecule has 0 spiro atoms. The molecule has 0 radical (unpaired) electrons. The Bertz CT molecular complexity index is 771. The van der Waals surface area contributed by atoms with Crippen molar-refractivity contribution in [1.82, 2.24) is 15.0 Å². The van der Waals surface area contributed by atoms with Crippen molar-refractivity contribution in [2.45, 2.75) is 6.42 Å². The summed E-state index contributed by atoms with van der Waals surface area (Å²) < 4.78 is 5.32. The van der Waals surface area contributed by atoms with Crippen molar-refractivity contribution in [3.8, 4) is 11.3 Å². The van der Waals surface area contributed by atoms with Crippen molar-refractivity contribution in [2.75, 3.05) is 26.7 Å². The number of hydrogen-bond acceptors (Lipinski definition) is 4. The van der Waals surface area contributed by atoms with E-state index in [0.29, 0.717) is 24.4 Å². The van der Waals surface area contributed by atoms with Gasteiger partial charge in [-0.15, -0.1) is 0 Å². The summed E-state index contributed by atoms with van der Waals surface area (Å²) >= 11 is 0. The molecule has 124 valence electrons. The number of carbonyl (C=O) groups is 2. The van der Waals surface area contributed by atoms with Gasteiger partial charge in [-0.2, -0.15) is 0 Å². The molecule has 2 amide bonds. The van der Waals surface area contributed by atoms with Crippen LogP contribution in [0.2, 0.25) is 0 Å². The fourth-order valence-electron chi connectivity index (χ4n) is 3.72. The summed E-state index contributed by atoms with van der Waals surface area (Å²) in [6.07, 6.45) is 2.42. The lowest BCUT2D eigenvalue weighted by Gasteiger charge is -2.30. The molecule has 2 atom stereocenters. The van der Waals surface area contributed by atoms with Crippen molar-refractivity contribution < 1.29 is 14.1 Å². The first-order valence-corrected chi connectivity index (χ1v) is 8.19. The Kier molecular flexibility index (Phi) is 3.59. The van der Waals surface area contributed by atoms with Crippen molar-refractivity contribution >= 4 is 11.8 Å². The smallest absolute Gasteiger partial charge is 0.259 e. The third-order valence-electron chi connectivity index (χ3n) is 5.09. The number of benzene rings is 1. The molecular formula is C18H19N3O3. The average Bonchev–Trinajstić information content (AvgIpc) is 3.25. The van der Waals surface area contributed by atoms with Crippen LogP contribution in [0.1, 0.15) is 16.8 Å². The van der Waals surface area contributed by atoms with Crippen LogP contribution >= 0.6 is 0 Å². The largest absolute Gasteiger partial charge is 0.355 e. The second kappa shape index (κ2) is 5.78. The first-order valence-electron chi connectivity index (χ1n) is 8.19. The van der Waals surface area contributed by atoms with E-state index in [-0.39, 0.29) is 23.7 Å². The van der Waals surface area contributed by atoms with Crippen molar-refractivity contribution in [3.05, 3.63) is 42.1 Å². The number of amides is 2. The minimum Gasteiger partial charge on any atom is -0.355 e. The number of carbonyl (C=O) groups excluding carboxylic acids is 2. The van der Waals surface area contributed by atoms with Gasteiger partial charge in [0.15, 0.2) is 5.76 Å². The lowest BCUT2D eigenvalue weighted by atomic mass is 9.88. The van der Waals surface area contributed by atoms with Gasteiger partial charge in [-0.1, -0.05) is 35.5 Å². The Morgan fingerprint density at radius 3 is 2.83 bits per heavy atom. The molecule has 2 saturated heterocycles. The van der Waals surface area contributed by atoms with E-state index in [1.807, 2.05) is 37.4 Å². The van der Waals surface area contributed by atoms with Gasteiger partial charge in [0.1, 0.15) is 5.56 Å². The molecule has 6 nitrogen and oxygen atoms in total. The standard InChI is InChI=1S/C18H19N3O3/c1-20-8-7-13-10-21(11-15(13)17(20)22)18(23)14-9-19-24-16(14)12-5-3-2-4-6-12/h2-6,9,13,15H,7-8,10-11H2,1H3/t13-,15+/m1/s1. The van der Waals surface area contributed by atoms with E-state index in [1.54, 1.807) is 9.80 Å². The number of likely N-dealkylation sites (tertiary alicyclic amines) is 2. The Hall–Kier alpha value is -2.63. The first-order chi connectivity index (χ1) is 11.6. The highest BCUT2D eigenvalue weighted by atomic mass is 16.5. The Balaban J connectivity index is 1.58. The fraction of sp³-hybridized carbons (Fsp3) is 0.389. The third kappa shape index (κ3) is 2.38. The number of fused-ring (bicyclic) bond motifs is 1. The molecule has 0 bridgehead atoms. The molecule has 3 heterocycles. The second-order valence-corrected chi connectivity index (χ2v) is 6.56. The van der Waals surface area contributed by atoms with E-state index in [4.69, 9.17) is 4.52 Å². The minimum atomic E-state index is -0.111. The highest BCUT2D eigenvalue weighted by Crippen LogP contribution is 2.33. The highest BCUT2D eigenvalue weighted by Gasteiger charge is 2.43. The maximum absolute atomic E-state index is 12.9. The molecule has 0 saturated carbocycles. The van der Waals surface area contributed by atoms with E-state index < -0.39 is 0 Å². The molecule has 2 aromatic rings. The van der Waals surface area contributed by atoms with Crippen molar-refractivity contribution in [1.29, 1.82) is 0 Å². The van der Waals surface area contributed by atoms with E-state index in [9.17, 15) is 9.59 Å². The number of rotatable bonds is 2. The van der Waals surface area contributed by atoms with Crippen LogP contribution in [0.25, 0.3) is 11.3 Å². The summed E-state index contributed by atoms with van der Waals surface area (Å²) in [7, 11) is 1.83. The van der Waals surface area contributed by atoms with E-state index in [1.165, 1.54) is 6.20 Å². The molecule has 6 heteroatoms. The lowest BCUT2D eigenvalue weighted by molar-refractivity contribution is -0.137. The maximum Gasteiger partial charge on any atom is 0.259 e. The second-order valence-electron chi connectivity index (χ2n) is 6.56. The predicted octanol–water partition coefficient (Wildman–Crippen LogP) is 1.89. The van der Waals surface area contributed by atoms with Crippen LogP contribution in [0.5, 0.6) is 0 Å². The van der Waals surface area contributed by atoms with Crippen LogP contribution in [-0.4, -0.2) is 53.5 Å². The molecule has 2 aliphatic rings. The Morgan fingerprint density at radius 2 is 2.04 bits per heavy atom. The quantitative estimate of drug-likeness (QED) is 0.846. The van der Waals surface area contributed by atoms with Gasteiger partial charge in [0.2, 0.25) is 5.91 Å². The predicted molar refractivity (Wildman–Crippen MR) is 87.1 cm³/mol. The zero-order valence-electron chi connectivity index (χ0n) is 13.5. The lowest BCUT2D eigenvalue weighted by Crippen LogP contribution is -2.42. The van der Waals surface area contributed by atoms with Gasteiger partial charge < -0.3 is 14.3 Å². The van der Waals surface area contributed by atoms with E-state index in [0.717, 1.165) is 18.5 Å². The van der Waals surface area contributed by atoms with Crippen molar-refractivity contribution in [2.24, 2.45) is 11.8 Å². The number of nitrogens with zero attached hydrogens (tertiary/aromatic N) is 3. The third-order valence-corrected chi connectivity index (χ3v) is 5.09. The SMILES string of the molecule is CN1CC[C@@H]2CN(C(=O)c3cnoc3-c3ccccc3)C[C@@H]2C1=O. The zero-order valence-corrected chi connectivity index (χ0v) is 13.5. The van der Waals surface area contributed by atoms with Crippen LogP contribution in [0.3, 0.4) is 0 Å². The molecule has 2 fully saturated rings. The molecule has 1 aromatic carbocycles. The van der Waals surface area contributed by atoms with E-state index in [2.05, 4.69) is 5.16 Å². The molecular weight excluding hydrogens is 306 g/mol. The Labute approximate surface area is 140 Å². The normalized spacial score (nSPS) is 23.5. The number of hydrogen-bond donors (Lipinski definition) is 0. The summed E-state index contributed by atoms with van der Waals surface area (Å²) in [5.41, 5.74) is 1.28. The molecule has 24 heavy (non-hydrogen) atoms. The fourth-order valence-corrected chi connectivity index (χ4v) is 3.72. The molecule has 2 aliphatic heterocycles. The Morgan fingerprint density at radius 1 is 1.25 bits per heavy atom. The van der Waals surface area contributed by atoms with Gasteiger partial charge in [-0.3, -0.25) is 9.59 Å².